The molecule has 3 aromatic rings. The average molecular weight is 511 g/mol. The largest absolute Gasteiger partial charge is 0.357 e. The number of hydrogen-bond donors (Lipinski definition) is 1. The van der Waals surface area contributed by atoms with Gasteiger partial charge in [-0.3, -0.25) is 24.0 Å². The summed E-state index contributed by atoms with van der Waals surface area (Å²) < 4.78 is 28.0. The molecule has 0 aromatic heterocycles. The Morgan fingerprint density at radius 1 is 0.972 bits per heavy atom. The number of carbonyl (C=O) groups excluding carboxylic acids is 2. The van der Waals surface area contributed by atoms with Gasteiger partial charge in [0, 0.05) is 25.7 Å². The molecule has 0 saturated carbocycles. The van der Waals surface area contributed by atoms with E-state index in [2.05, 4.69) is 5.32 Å². The number of nitrogens with zero attached hydrogens (tertiary/aromatic N) is 3. The first-order valence-electron chi connectivity index (χ1n) is 11.0. The van der Waals surface area contributed by atoms with Crippen molar-refractivity contribution in [3.8, 4) is 0 Å². The molecular formula is C25H26N4O6S. The Balaban J connectivity index is 2.06. The molecule has 188 valence electrons. The Kier molecular flexibility index (Phi) is 8.38. The summed E-state index contributed by atoms with van der Waals surface area (Å²) in [7, 11) is -2.84. The predicted octanol–water partition coefficient (Wildman–Crippen LogP) is 2.95. The van der Waals surface area contributed by atoms with Crippen LogP contribution in [-0.4, -0.2) is 49.7 Å². The summed E-state index contributed by atoms with van der Waals surface area (Å²) >= 11 is 0. The van der Waals surface area contributed by atoms with Crippen LogP contribution in [0.1, 0.15) is 12.5 Å². The van der Waals surface area contributed by atoms with E-state index in [0.29, 0.717) is 0 Å². The summed E-state index contributed by atoms with van der Waals surface area (Å²) in [6.07, 6.45) is 0. The number of carbonyl (C=O) groups is 2. The fourth-order valence-corrected chi connectivity index (χ4v) is 5.01. The maximum atomic E-state index is 13.6. The van der Waals surface area contributed by atoms with Crippen LogP contribution in [0.4, 0.5) is 11.4 Å². The third-order valence-electron chi connectivity index (χ3n) is 5.55. The zero-order chi connectivity index (χ0) is 26.3. The molecule has 0 aliphatic heterocycles. The van der Waals surface area contributed by atoms with Crippen LogP contribution in [-0.2, 0) is 26.2 Å². The lowest BCUT2D eigenvalue weighted by Crippen LogP contribution is -2.50. The summed E-state index contributed by atoms with van der Waals surface area (Å²) in [5.41, 5.74) is 0.371. The summed E-state index contributed by atoms with van der Waals surface area (Å²) in [4.78, 5) is 37.9. The average Bonchev–Trinajstić information content (AvgIpc) is 2.90. The molecule has 0 unspecified atom stereocenters. The van der Waals surface area contributed by atoms with E-state index in [9.17, 15) is 28.1 Å². The van der Waals surface area contributed by atoms with Crippen LogP contribution in [0.15, 0.2) is 89.8 Å². The van der Waals surface area contributed by atoms with E-state index in [-0.39, 0.29) is 22.8 Å². The van der Waals surface area contributed by atoms with Gasteiger partial charge in [-0.2, -0.15) is 0 Å². The number of hydrogen-bond acceptors (Lipinski definition) is 6. The van der Waals surface area contributed by atoms with Gasteiger partial charge in [0.1, 0.15) is 12.6 Å². The number of sulfonamides is 1. The first kappa shape index (κ1) is 26.4. The molecule has 0 aliphatic carbocycles. The Morgan fingerprint density at radius 2 is 1.58 bits per heavy atom. The number of nitro benzene ring substituents is 1. The SMILES string of the molecule is CNC(=O)[C@H](C)N(Cc1ccccc1)C(=O)CN(c1cccc([N+](=O)[O-])c1)S(=O)(=O)c1ccccc1. The molecule has 0 spiro atoms. The summed E-state index contributed by atoms with van der Waals surface area (Å²) in [5.74, 6) is -1.08. The van der Waals surface area contributed by atoms with Crippen LogP contribution < -0.4 is 9.62 Å². The molecular weight excluding hydrogens is 484 g/mol. The van der Waals surface area contributed by atoms with Gasteiger partial charge >= 0.3 is 0 Å². The quantitative estimate of drug-likeness (QED) is 0.330. The van der Waals surface area contributed by atoms with E-state index in [1.54, 1.807) is 37.3 Å². The highest BCUT2D eigenvalue weighted by atomic mass is 32.2. The van der Waals surface area contributed by atoms with E-state index < -0.39 is 39.3 Å². The third kappa shape index (κ3) is 6.05. The minimum absolute atomic E-state index is 0.0475. The monoisotopic (exact) mass is 510 g/mol. The van der Waals surface area contributed by atoms with E-state index in [1.165, 1.54) is 54.4 Å². The van der Waals surface area contributed by atoms with Gasteiger partial charge in [0.15, 0.2) is 0 Å². The van der Waals surface area contributed by atoms with Crippen molar-refractivity contribution in [1.29, 1.82) is 0 Å². The maximum Gasteiger partial charge on any atom is 0.271 e. The van der Waals surface area contributed by atoms with Crippen LogP contribution in [0.5, 0.6) is 0 Å². The number of amides is 2. The Morgan fingerprint density at radius 3 is 2.17 bits per heavy atom. The van der Waals surface area contributed by atoms with Crippen LogP contribution in [0.2, 0.25) is 0 Å². The number of benzene rings is 3. The van der Waals surface area contributed by atoms with Crippen molar-refractivity contribution in [2.45, 2.75) is 24.4 Å². The van der Waals surface area contributed by atoms with Crippen molar-refractivity contribution in [2.75, 3.05) is 17.9 Å². The van der Waals surface area contributed by atoms with E-state index in [0.717, 1.165) is 15.9 Å². The number of nitrogens with one attached hydrogen (secondary N) is 1. The van der Waals surface area contributed by atoms with Crippen LogP contribution in [0, 0.1) is 10.1 Å². The van der Waals surface area contributed by atoms with Crippen molar-refractivity contribution in [3.63, 3.8) is 0 Å². The van der Waals surface area contributed by atoms with Crippen molar-refractivity contribution in [1.82, 2.24) is 10.2 Å². The van der Waals surface area contributed by atoms with Gasteiger partial charge in [0.05, 0.1) is 15.5 Å². The second kappa shape index (κ2) is 11.5. The predicted molar refractivity (Wildman–Crippen MR) is 135 cm³/mol. The zero-order valence-electron chi connectivity index (χ0n) is 19.8. The van der Waals surface area contributed by atoms with Gasteiger partial charge in [0.25, 0.3) is 15.7 Å². The highest BCUT2D eigenvalue weighted by Crippen LogP contribution is 2.27. The highest BCUT2D eigenvalue weighted by molar-refractivity contribution is 7.92. The van der Waals surface area contributed by atoms with Gasteiger partial charge in [-0.1, -0.05) is 54.6 Å². The summed E-state index contributed by atoms with van der Waals surface area (Å²) in [6, 6.07) is 20.6. The molecule has 1 N–H and O–H groups in total. The number of nitro groups is 1. The topological polar surface area (TPSA) is 130 Å². The number of non-ortho nitro benzene ring substituents is 1. The van der Waals surface area contributed by atoms with Gasteiger partial charge in [-0.05, 0) is 30.7 Å². The highest BCUT2D eigenvalue weighted by Gasteiger charge is 2.32. The molecule has 0 bridgehead atoms. The standard InChI is InChI=1S/C25H26N4O6S/c1-19(25(31)26-2)27(17-20-10-5-3-6-11-20)24(30)18-28(21-12-9-13-22(16-21)29(32)33)36(34,35)23-14-7-4-8-15-23/h3-16,19H,17-18H2,1-2H3,(H,26,31)/t19-/m0/s1. The van der Waals surface area contributed by atoms with Crippen molar-refractivity contribution >= 4 is 33.2 Å². The minimum Gasteiger partial charge on any atom is -0.357 e. The molecule has 0 saturated heterocycles. The van der Waals surface area contributed by atoms with Gasteiger partial charge in [-0.25, -0.2) is 8.42 Å². The van der Waals surface area contributed by atoms with E-state index in [1.807, 2.05) is 6.07 Å². The van der Waals surface area contributed by atoms with Gasteiger partial charge in [0.2, 0.25) is 11.8 Å². The second-order valence-corrected chi connectivity index (χ2v) is 9.76. The number of rotatable bonds is 10. The van der Waals surface area contributed by atoms with Crippen molar-refractivity contribution < 1.29 is 22.9 Å². The molecule has 36 heavy (non-hydrogen) atoms. The lowest BCUT2D eigenvalue weighted by atomic mass is 10.1. The van der Waals surface area contributed by atoms with Crippen LogP contribution in [0.25, 0.3) is 0 Å². The van der Waals surface area contributed by atoms with Crippen molar-refractivity contribution in [2.24, 2.45) is 0 Å². The molecule has 3 aromatic carbocycles. The molecule has 1 atom stereocenters. The first-order chi connectivity index (χ1) is 17.1. The Bertz CT molecular complexity index is 1330. The van der Waals surface area contributed by atoms with Gasteiger partial charge in [-0.15, -0.1) is 0 Å². The van der Waals surface area contributed by atoms with E-state index in [4.69, 9.17) is 0 Å². The Hall–Kier alpha value is -4.25. The van der Waals surface area contributed by atoms with Crippen molar-refractivity contribution in [3.05, 3.63) is 101 Å². The first-order valence-corrected chi connectivity index (χ1v) is 12.5. The lowest BCUT2D eigenvalue weighted by Gasteiger charge is -2.31. The molecule has 3 rings (SSSR count). The minimum atomic E-state index is -4.29. The fourth-order valence-electron chi connectivity index (χ4n) is 3.58. The zero-order valence-corrected chi connectivity index (χ0v) is 20.6. The molecule has 10 nitrogen and oxygen atoms in total. The lowest BCUT2D eigenvalue weighted by molar-refractivity contribution is -0.384. The second-order valence-electron chi connectivity index (χ2n) is 7.90. The normalized spacial score (nSPS) is 11.8. The molecule has 0 radical (unpaired) electrons. The molecule has 2 amide bonds. The summed E-state index contributed by atoms with van der Waals surface area (Å²) in [6.45, 7) is 0.929. The maximum absolute atomic E-state index is 13.6. The third-order valence-corrected chi connectivity index (χ3v) is 7.34. The van der Waals surface area contributed by atoms with Crippen LogP contribution in [0.3, 0.4) is 0 Å². The molecule has 0 heterocycles. The van der Waals surface area contributed by atoms with E-state index >= 15 is 0 Å². The Labute approximate surface area is 209 Å². The number of likely N-dealkylation sites (N-methyl/N-ethyl adjacent to an activating group) is 1. The summed E-state index contributed by atoms with van der Waals surface area (Å²) in [5, 5.41) is 13.9. The smallest absolute Gasteiger partial charge is 0.271 e. The molecule has 0 fully saturated rings. The van der Waals surface area contributed by atoms with Gasteiger partial charge < -0.3 is 10.2 Å². The fraction of sp³-hybridized carbons (Fsp3) is 0.200. The molecule has 0 aliphatic rings. The van der Waals surface area contributed by atoms with Crippen LogP contribution >= 0.6 is 0 Å². The number of anilines is 1. The molecule has 11 heteroatoms.